The molecule has 13 heteroatoms. The molecule has 0 unspecified atom stereocenters. The molecule has 8 rings (SSSR count). The number of para-hydroxylation sites is 1. The lowest BCUT2D eigenvalue weighted by Gasteiger charge is -2.11. The van der Waals surface area contributed by atoms with Gasteiger partial charge in [0.25, 0.3) is 11.1 Å². The van der Waals surface area contributed by atoms with E-state index in [2.05, 4.69) is 0 Å². The number of ether oxygens (including phenoxy) is 1. The van der Waals surface area contributed by atoms with Crippen molar-refractivity contribution in [2.45, 2.75) is 52.9 Å². The molecule has 8 aromatic rings. The first-order chi connectivity index (χ1) is 29.3. The van der Waals surface area contributed by atoms with Gasteiger partial charge in [-0.05, 0) is 95.8 Å². The van der Waals surface area contributed by atoms with Crippen LogP contribution in [0.3, 0.4) is 0 Å². The summed E-state index contributed by atoms with van der Waals surface area (Å²) in [6.45, 7) is 3.22. The van der Waals surface area contributed by atoms with Crippen LogP contribution in [-0.2, 0) is 53.3 Å². The molecule has 4 aromatic heterocycles. The second-order valence-corrected chi connectivity index (χ2v) is 15.1. The van der Waals surface area contributed by atoms with Crippen molar-refractivity contribution in [2.24, 2.45) is 0 Å². The van der Waals surface area contributed by atoms with Crippen LogP contribution in [0.5, 0.6) is 0 Å². The van der Waals surface area contributed by atoms with Crippen LogP contribution in [0.4, 0.5) is 17.6 Å². The van der Waals surface area contributed by atoms with E-state index in [1.165, 1.54) is 51.6 Å². The summed E-state index contributed by atoms with van der Waals surface area (Å²) in [4.78, 5) is 52.4. The Morgan fingerprint density at radius 1 is 0.525 bits per heavy atom. The Labute approximate surface area is 346 Å². The van der Waals surface area contributed by atoms with Gasteiger partial charge >= 0.3 is 11.9 Å². The Morgan fingerprint density at radius 3 is 1.67 bits per heavy atom. The molecular weight excluding hydrogens is 789 g/mol. The van der Waals surface area contributed by atoms with Crippen molar-refractivity contribution in [1.82, 2.24) is 18.3 Å². The van der Waals surface area contributed by atoms with Crippen LogP contribution in [0.1, 0.15) is 44.8 Å². The van der Waals surface area contributed by atoms with Crippen LogP contribution >= 0.6 is 0 Å². The number of halogens is 4. The number of carbonyl (C=O) groups excluding carboxylic acids is 2. The highest BCUT2D eigenvalue weighted by atomic mass is 19.2. The van der Waals surface area contributed by atoms with Crippen LogP contribution in [0.15, 0.2) is 131 Å². The lowest BCUT2D eigenvalue weighted by molar-refractivity contribution is -0.160. The van der Waals surface area contributed by atoms with Gasteiger partial charge in [0.15, 0.2) is 11.6 Å². The van der Waals surface area contributed by atoms with Crippen molar-refractivity contribution in [1.29, 1.82) is 0 Å². The third-order valence-corrected chi connectivity index (χ3v) is 11.0. The second-order valence-electron chi connectivity index (χ2n) is 15.1. The molecule has 0 fully saturated rings. The zero-order chi connectivity index (χ0) is 42.9. The van der Waals surface area contributed by atoms with E-state index in [0.717, 1.165) is 39.9 Å². The van der Waals surface area contributed by atoms with Gasteiger partial charge in [0.05, 0.1) is 13.1 Å². The number of rotatable bonds is 12. The Kier molecular flexibility index (Phi) is 11.1. The van der Waals surface area contributed by atoms with Crippen LogP contribution in [0.25, 0.3) is 21.8 Å². The highest BCUT2D eigenvalue weighted by Gasteiger charge is 2.22. The number of aromatic nitrogens is 4. The zero-order valence-corrected chi connectivity index (χ0v) is 33.1. The molecule has 0 aliphatic carbocycles. The quantitative estimate of drug-likeness (QED) is 0.0705. The highest BCUT2D eigenvalue weighted by molar-refractivity contribution is 5.91. The van der Waals surface area contributed by atoms with E-state index < -0.39 is 29.4 Å². The van der Waals surface area contributed by atoms with E-state index in [-0.39, 0.29) is 49.5 Å². The predicted molar refractivity (Wildman–Crippen MR) is 222 cm³/mol. The van der Waals surface area contributed by atoms with Crippen molar-refractivity contribution in [3.8, 4) is 0 Å². The van der Waals surface area contributed by atoms with Crippen LogP contribution < -0.4 is 11.1 Å². The van der Waals surface area contributed by atoms with Gasteiger partial charge in [-0.1, -0.05) is 48.5 Å². The van der Waals surface area contributed by atoms with E-state index in [1.54, 1.807) is 58.8 Å². The van der Waals surface area contributed by atoms with Crippen molar-refractivity contribution in [2.75, 3.05) is 0 Å². The summed E-state index contributed by atoms with van der Waals surface area (Å²) in [7, 11) is 0. The fourth-order valence-corrected chi connectivity index (χ4v) is 8.02. The Morgan fingerprint density at radius 2 is 1.07 bits per heavy atom. The number of hydrogen-bond donors (Lipinski definition) is 0. The minimum Gasteiger partial charge on any atom is -0.390 e. The van der Waals surface area contributed by atoms with E-state index in [9.17, 15) is 36.7 Å². The van der Waals surface area contributed by atoms with Gasteiger partial charge in [0, 0.05) is 70.6 Å². The van der Waals surface area contributed by atoms with Gasteiger partial charge < -0.3 is 23.0 Å². The number of hydrogen-bond acceptors (Lipinski definition) is 5. The Balaban J connectivity index is 1.00. The first kappa shape index (κ1) is 40.5. The van der Waals surface area contributed by atoms with Crippen LogP contribution in [-0.4, -0.2) is 30.2 Å². The monoisotopic (exact) mass is 826 g/mol. The zero-order valence-electron chi connectivity index (χ0n) is 33.1. The molecule has 9 nitrogen and oxygen atoms in total. The van der Waals surface area contributed by atoms with E-state index in [1.807, 2.05) is 31.2 Å². The van der Waals surface area contributed by atoms with Gasteiger partial charge in [-0.25, -0.2) is 27.2 Å². The van der Waals surface area contributed by atoms with Crippen molar-refractivity contribution in [3.63, 3.8) is 0 Å². The van der Waals surface area contributed by atoms with Gasteiger partial charge in [-0.15, -0.1) is 0 Å². The topological polar surface area (TPSA) is 97.2 Å². The maximum absolute atomic E-state index is 14.7. The Bertz CT molecular complexity index is 3140. The van der Waals surface area contributed by atoms with Crippen molar-refractivity contribution < 1.29 is 31.9 Å². The molecule has 4 aromatic carbocycles. The average molecular weight is 827 g/mol. The first-order valence-corrected chi connectivity index (χ1v) is 19.5. The largest absolute Gasteiger partial charge is 0.390 e. The molecule has 308 valence electrons. The summed E-state index contributed by atoms with van der Waals surface area (Å²) >= 11 is 0. The smallest absolute Gasteiger partial charge is 0.333 e. The summed E-state index contributed by atoms with van der Waals surface area (Å²) in [5.41, 5.74) is 6.22. The van der Waals surface area contributed by atoms with Gasteiger partial charge in [-0.3, -0.25) is 9.59 Å². The van der Waals surface area contributed by atoms with Crippen LogP contribution in [0, 0.1) is 37.1 Å². The molecule has 0 atom stereocenters. The number of carbonyl (C=O) groups is 2. The SMILES string of the molecule is Cc1c(Cc2ccc(=O)n(Cc3cccc(F)c3)c2)c2ccccc2n1CC(=O)OC(=O)Cn1c(C)c(Cc2ccc(=O)n(Cc3ccc(F)c(F)c3)c2)c2cc(F)ccc21. The molecule has 0 N–H and O–H groups in total. The molecule has 0 aliphatic heterocycles. The summed E-state index contributed by atoms with van der Waals surface area (Å²) < 4.78 is 67.7. The second kappa shape index (κ2) is 16.8. The summed E-state index contributed by atoms with van der Waals surface area (Å²) in [5.74, 6) is -4.51. The van der Waals surface area contributed by atoms with Crippen molar-refractivity contribution >= 4 is 33.7 Å². The fourth-order valence-electron chi connectivity index (χ4n) is 8.02. The summed E-state index contributed by atoms with van der Waals surface area (Å²) in [6.07, 6.45) is 4.01. The van der Waals surface area contributed by atoms with Crippen molar-refractivity contribution in [3.05, 3.63) is 210 Å². The fraction of sp³-hybridized carbons (Fsp3) is 0.167. The predicted octanol–water partition coefficient (Wildman–Crippen LogP) is 8.14. The lowest BCUT2D eigenvalue weighted by Crippen LogP contribution is -2.22. The molecule has 0 aliphatic rings. The average Bonchev–Trinajstić information content (AvgIpc) is 3.62. The molecule has 61 heavy (non-hydrogen) atoms. The van der Waals surface area contributed by atoms with E-state index in [0.29, 0.717) is 45.3 Å². The van der Waals surface area contributed by atoms with Gasteiger partial charge in [0.1, 0.15) is 24.7 Å². The van der Waals surface area contributed by atoms with Gasteiger partial charge in [0.2, 0.25) is 0 Å². The van der Waals surface area contributed by atoms with E-state index >= 15 is 0 Å². The number of fused-ring (bicyclic) bond motifs is 2. The van der Waals surface area contributed by atoms with E-state index in [4.69, 9.17) is 4.74 Å². The minimum atomic E-state index is -1.02. The summed E-state index contributed by atoms with van der Waals surface area (Å²) in [5, 5.41) is 1.41. The standard InChI is InChI=1S/C48H38F4N4O5/c1-29-38(19-32-11-16-45(57)53(24-32)23-31-6-5-7-35(49)18-31)37-8-3-4-9-43(37)55(29)27-47(59)61-48(60)28-56-30(2)39(40-22-36(50)13-15-44(40)56)20-33-12-17-46(58)54(25-33)26-34-10-14-41(51)42(52)21-34/h3-18,21-22,24-25H,19-20,23,26-28H2,1-2H3. The first-order valence-electron chi connectivity index (χ1n) is 19.5. The van der Waals surface area contributed by atoms with Crippen LogP contribution in [0.2, 0.25) is 0 Å². The number of nitrogens with zero attached hydrogens (tertiary/aromatic N) is 4. The maximum atomic E-state index is 14.7. The maximum Gasteiger partial charge on any atom is 0.333 e. The summed E-state index contributed by atoms with van der Waals surface area (Å²) in [6, 6.07) is 27.4. The normalized spacial score (nSPS) is 11.4. The number of pyridine rings is 2. The molecule has 0 saturated carbocycles. The highest BCUT2D eigenvalue weighted by Crippen LogP contribution is 2.30. The Hall–Kier alpha value is -7.28. The van der Waals surface area contributed by atoms with Gasteiger partial charge in [-0.2, -0.15) is 0 Å². The molecule has 4 heterocycles. The third kappa shape index (κ3) is 8.58. The minimum absolute atomic E-state index is 0.00558. The lowest BCUT2D eigenvalue weighted by atomic mass is 10.0. The number of esters is 2. The molecule has 0 bridgehead atoms. The molecule has 0 radical (unpaired) electrons. The molecular formula is C48H38F4N4O5. The third-order valence-electron chi connectivity index (χ3n) is 11.0. The molecule has 0 spiro atoms. The number of benzene rings is 4. The molecule has 0 amide bonds. The molecule has 0 saturated heterocycles.